The molecule has 0 saturated carbocycles. The summed E-state index contributed by atoms with van der Waals surface area (Å²) in [5.74, 6) is -0.608. The Labute approximate surface area is 352 Å². The number of ether oxygens (including phenoxy) is 2. The maximum atomic E-state index is 12.2. The first kappa shape index (κ1) is 54.1. The zero-order chi connectivity index (χ0) is 41.4. The highest BCUT2D eigenvalue weighted by atomic mass is 16.6. The highest BCUT2D eigenvalue weighted by Crippen LogP contribution is 2.14. The van der Waals surface area contributed by atoms with Crippen molar-refractivity contribution in [1.29, 1.82) is 0 Å². The van der Waals surface area contributed by atoms with Gasteiger partial charge in [0, 0.05) is 12.8 Å². The fraction of sp³-hybridized carbons (Fsp3) is 0.692. The van der Waals surface area contributed by atoms with E-state index in [1.54, 1.807) is 0 Å². The Morgan fingerprint density at radius 2 is 0.754 bits per heavy atom. The van der Waals surface area contributed by atoms with Crippen LogP contribution in [0.2, 0.25) is 0 Å². The predicted octanol–water partition coefficient (Wildman–Crippen LogP) is 15.5. The topological polar surface area (TPSA) is 72.8 Å². The van der Waals surface area contributed by atoms with Crippen LogP contribution in [0.4, 0.5) is 0 Å². The lowest BCUT2D eigenvalue weighted by molar-refractivity contribution is -0.161. The Hall–Kier alpha value is -2.92. The van der Waals surface area contributed by atoms with Crippen LogP contribution >= 0.6 is 0 Å². The van der Waals surface area contributed by atoms with Crippen molar-refractivity contribution in [2.45, 2.75) is 219 Å². The van der Waals surface area contributed by atoms with E-state index >= 15 is 0 Å². The molecule has 326 valence electrons. The van der Waals surface area contributed by atoms with E-state index in [0.29, 0.717) is 12.8 Å². The monoisotopic (exact) mass is 793 g/mol. The fourth-order valence-corrected chi connectivity index (χ4v) is 6.38. The first-order chi connectivity index (χ1) is 28.1. The maximum absolute atomic E-state index is 12.2. The third-order valence-electron chi connectivity index (χ3n) is 9.92. The van der Waals surface area contributed by atoms with Crippen molar-refractivity contribution in [1.82, 2.24) is 0 Å². The number of unbranched alkanes of at least 4 members (excludes halogenated alkanes) is 20. The van der Waals surface area contributed by atoms with Crippen molar-refractivity contribution in [3.63, 3.8) is 0 Å². The van der Waals surface area contributed by atoms with Gasteiger partial charge in [-0.25, -0.2) is 0 Å². The van der Waals surface area contributed by atoms with Crippen LogP contribution < -0.4 is 0 Å². The first-order valence-corrected chi connectivity index (χ1v) is 23.6. The smallest absolute Gasteiger partial charge is 0.306 e. The molecule has 1 atom stereocenters. The van der Waals surface area contributed by atoms with Crippen molar-refractivity contribution in [2.24, 2.45) is 0 Å². The number of hydrogen-bond acceptors (Lipinski definition) is 5. The van der Waals surface area contributed by atoms with E-state index in [2.05, 4.69) is 98.9 Å². The van der Waals surface area contributed by atoms with Crippen molar-refractivity contribution in [3.8, 4) is 0 Å². The van der Waals surface area contributed by atoms with Crippen LogP contribution in [0.5, 0.6) is 0 Å². The molecule has 5 heteroatoms. The number of allylic oxidation sites excluding steroid dienone is 14. The summed E-state index contributed by atoms with van der Waals surface area (Å²) in [6.45, 7) is 4.00. The van der Waals surface area contributed by atoms with E-state index in [1.807, 2.05) is 0 Å². The molecule has 0 aliphatic carbocycles. The zero-order valence-electron chi connectivity index (χ0n) is 37.1. The summed E-state index contributed by atoms with van der Waals surface area (Å²) in [6.07, 6.45) is 65.2. The lowest BCUT2D eigenvalue weighted by Crippen LogP contribution is -2.28. The summed E-state index contributed by atoms with van der Waals surface area (Å²) in [5, 5.41) is 9.59. The predicted molar refractivity (Wildman–Crippen MR) is 246 cm³/mol. The third-order valence-corrected chi connectivity index (χ3v) is 9.92. The lowest BCUT2D eigenvalue weighted by Gasteiger charge is -2.15. The van der Waals surface area contributed by atoms with Crippen LogP contribution in [-0.4, -0.2) is 36.4 Å². The van der Waals surface area contributed by atoms with Gasteiger partial charge in [-0.3, -0.25) is 9.59 Å². The summed E-state index contributed by atoms with van der Waals surface area (Å²) >= 11 is 0. The first-order valence-electron chi connectivity index (χ1n) is 23.6. The van der Waals surface area contributed by atoms with Gasteiger partial charge in [0.05, 0.1) is 6.61 Å². The molecule has 0 amide bonds. The molecule has 5 nitrogen and oxygen atoms in total. The average molecular weight is 793 g/mol. The molecule has 1 unspecified atom stereocenters. The van der Waals surface area contributed by atoms with E-state index in [-0.39, 0.29) is 25.2 Å². The minimum Gasteiger partial charge on any atom is -0.462 e. The van der Waals surface area contributed by atoms with Crippen LogP contribution in [0.15, 0.2) is 85.1 Å². The van der Waals surface area contributed by atoms with Gasteiger partial charge in [-0.1, -0.05) is 195 Å². The van der Waals surface area contributed by atoms with Crippen LogP contribution in [-0.2, 0) is 19.1 Å². The number of carbonyl (C=O) groups excluding carboxylic acids is 2. The van der Waals surface area contributed by atoms with Crippen LogP contribution in [0, 0.1) is 0 Å². The van der Waals surface area contributed by atoms with Gasteiger partial charge in [0.15, 0.2) is 6.10 Å². The van der Waals surface area contributed by atoms with Crippen LogP contribution in [0.25, 0.3) is 0 Å². The van der Waals surface area contributed by atoms with Gasteiger partial charge in [0.2, 0.25) is 0 Å². The van der Waals surface area contributed by atoms with Crippen molar-refractivity contribution >= 4 is 11.9 Å². The average Bonchev–Trinajstić information content (AvgIpc) is 3.21. The SMILES string of the molecule is CC/C=C\C/C=C\C/C=C\C/C=C\C/C=C\C/C=C\CCCCCCCCCCCCC(=O)OC(CO)COC(=O)CCCCCCC/C=C\CCCCCCC. The Balaban J connectivity index is 3.56. The highest BCUT2D eigenvalue weighted by molar-refractivity contribution is 5.70. The number of hydrogen-bond donors (Lipinski definition) is 1. The van der Waals surface area contributed by atoms with Crippen molar-refractivity contribution < 1.29 is 24.2 Å². The van der Waals surface area contributed by atoms with Gasteiger partial charge < -0.3 is 14.6 Å². The molecule has 0 aliphatic heterocycles. The fourth-order valence-electron chi connectivity index (χ4n) is 6.38. The molecule has 0 aromatic heterocycles. The Bertz CT molecular complexity index is 1080. The minimum absolute atomic E-state index is 0.0749. The standard InChI is InChI=1S/C52H88O5/c1-3-5-7-9-11-13-15-17-19-20-21-22-23-24-25-26-27-28-29-30-31-32-33-35-37-39-41-43-45-47-52(55)57-50(48-53)49-56-51(54)46-44-42-40-38-36-34-18-16-14-12-10-8-6-4-2/h5,7,11,13,16-19,21-22,24-25,27-28,50,53H,3-4,6,8-10,12,14-15,20,23,26,29-49H2,1-2H3/b7-5-,13-11-,18-16-,19-17-,22-21-,25-24-,28-27-. The van der Waals surface area contributed by atoms with Gasteiger partial charge in [0.25, 0.3) is 0 Å². The number of aliphatic hydroxyl groups excluding tert-OH is 1. The van der Waals surface area contributed by atoms with Crippen LogP contribution in [0.1, 0.15) is 213 Å². The van der Waals surface area contributed by atoms with Crippen molar-refractivity contribution in [2.75, 3.05) is 13.2 Å². The second-order valence-electron chi connectivity index (χ2n) is 15.4. The molecular formula is C52H88O5. The molecule has 0 fully saturated rings. The van der Waals surface area contributed by atoms with Gasteiger partial charge in [0.1, 0.15) is 6.61 Å². The number of esters is 2. The molecule has 0 aliphatic rings. The molecular weight excluding hydrogens is 705 g/mol. The van der Waals surface area contributed by atoms with E-state index in [1.165, 1.54) is 103 Å². The van der Waals surface area contributed by atoms with Crippen LogP contribution in [0.3, 0.4) is 0 Å². The normalized spacial score (nSPS) is 13.0. The van der Waals surface area contributed by atoms with E-state index in [9.17, 15) is 14.7 Å². The molecule has 0 heterocycles. The van der Waals surface area contributed by atoms with E-state index in [0.717, 1.165) is 83.5 Å². The van der Waals surface area contributed by atoms with Gasteiger partial charge >= 0.3 is 11.9 Å². The van der Waals surface area contributed by atoms with Gasteiger partial charge in [-0.2, -0.15) is 0 Å². The highest BCUT2D eigenvalue weighted by Gasteiger charge is 2.16. The Morgan fingerprint density at radius 1 is 0.421 bits per heavy atom. The second kappa shape index (κ2) is 47.5. The quantitative estimate of drug-likeness (QED) is 0.0379. The molecule has 0 radical (unpaired) electrons. The molecule has 0 rings (SSSR count). The maximum Gasteiger partial charge on any atom is 0.306 e. The second-order valence-corrected chi connectivity index (χ2v) is 15.4. The summed E-state index contributed by atoms with van der Waals surface area (Å²) in [5.41, 5.74) is 0. The van der Waals surface area contributed by atoms with E-state index < -0.39 is 6.10 Å². The molecule has 0 saturated heterocycles. The summed E-state index contributed by atoms with van der Waals surface area (Å²) in [6, 6.07) is 0. The van der Waals surface area contributed by atoms with Gasteiger partial charge in [-0.15, -0.1) is 0 Å². The summed E-state index contributed by atoms with van der Waals surface area (Å²) in [4.78, 5) is 24.4. The largest absolute Gasteiger partial charge is 0.462 e. The molecule has 1 N–H and O–H groups in total. The Morgan fingerprint density at radius 3 is 1.16 bits per heavy atom. The van der Waals surface area contributed by atoms with Crippen molar-refractivity contribution in [3.05, 3.63) is 85.1 Å². The van der Waals surface area contributed by atoms with E-state index in [4.69, 9.17) is 9.47 Å². The molecule has 0 aromatic rings. The Kier molecular flexibility index (Phi) is 45.0. The summed E-state index contributed by atoms with van der Waals surface area (Å²) in [7, 11) is 0. The lowest BCUT2D eigenvalue weighted by atomic mass is 10.0. The molecule has 57 heavy (non-hydrogen) atoms. The number of rotatable bonds is 42. The molecule has 0 aromatic carbocycles. The number of carbonyl (C=O) groups is 2. The molecule has 0 spiro atoms. The minimum atomic E-state index is -0.781. The number of aliphatic hydroxyl groups is 1. The molecule has 0 bridgehead atoms. The zero-order valence-corrected chi connectivity index (χ0v) is 37.1. The van der Waals surface area contributed by atoms with Gasteiger partial charge in [-0.05, 0) is 89.9 Å². The summed E-state index contributed by atoms with van der Waals surface area (Å²) < 4.78 is 10.6. The third kappa shape index (κ3) is 45.7.